The molecule has 0 unspecified atom stereocenters. The molecular formula is C19H18N2O5. The highest BCUT2D eigenvalue weighted by Crippen LogP contribution is 2.42. The molecule has 0 bridgehead atoms. The van der Waals surface area contributed by atoms with E-state index in [2.05, 4.69) is 0 Å². The van der Waals surface area contributed by atoms with Crippen molar-refractivity contribution in [3.05, 3.63) is 69.8 Å². The highest BCUT2D eigenvalue weighted by molar-refractivity contribution is 6.10. The third-order valence-electron chi connectivity index (χ3n) is 4.50. The fourth-order valence-corrected chi connectivity index (χ4v) is 3.23. The number of anilines is 1. The molecule has 0 saturated heterocycles. The normalized spacial score (nSPS) is 18.7. The van der Waals surface area contributed by atoms with E-state index in [1.807, 2.05) is 6.92 Å². The van der Waals surface area contributed by atoms with Crippen LogP contribution in [0.25, 0.3) is 0 Å². The highest BCUT2D eigenvalue weighted by atomic mass is 16.6. The summed E-state index contributed by atoms with van der Waals surface area (Å²) in [5.74, 6) is -0.972. The van der Waals surface area contributed by atoms with Crippen LogP contribution in [-0.2, 0) is 10.4 Å². The molecule has 26 heavy (non-hydrogen) atoms. The summed E-state index contributed by atoms with van der Waals surface area (Å²) in [6.07, 6.45) is 0.299. The summed E-state index contributed by atoms with van der Waals surface area (Å²) in [4.78, 5) is 37.1. The quantitative estimate of drug-likeness (QED) is 0.488. The van der Waals surface area contributed by atoms with Gasteiger partial charge in [0.2, 0.25) is 0 Å². The van der Waals surface area contributed by atoms with Crippen molar-refractivity contribution < 1.29 is 19.6 Å². The number of rotatable bonds is 6. The molecule has 0 fully saturated rings. The maximum Gasteiger partial charge on any atom is 0.269 e. The summed E-state index contributed by atoms with van der Waals surface area (Å²) >= 11 is 0. The standard InChI is InChI=1S/C19H18N2O5/c1-2-11-20-16-6-4-3-5-15(16)19(24,18(20)23)12-17(22)13-7-9-14(10-8-13)21(25)26/h3-10,24H,2,11-12H2,1H3/t19-/m1/s1. The van der Waals surface area contributed by atoms with Gasteiger partial charge in [-0.05, 0) is 24.6 Å². The lowest BCUT2D eigenvalue weighted by molar-refractivity contribution is -0.384. The summed E-state index contributed by atoms with van der Waals surface area (Å²) in [5, 5.41) is 21.8. The van der Waals surface area contributed by atoms with E-state index in [9.17, 15) is 24.8 Å². The van der Waals surface area contributed by atoms with Gasteiger partial charge in [-0.15, -0.1) is 0 Å². The van der Waals surface area contributed by atoms with Crippen molar-refractivity contribution >= 4 is 23.1 Å². The van der Waals surface area contributed by atoms with Gasteiger partial charge in [-0.3, -0.25) is 19.7 Å². The van der Waals surface area contributed by atoms with E-state index in [0.717, 1.165) is 0 Å². The number of benzene rings is 2. The number of amides is 1. The average molecular weight is 354 g/mol. The first kappa shape index (κ1) is 17.8. The number of ketones is 1. The summed E-state index contributed by atoms with van der Waals surface area (Å²) in [7, 11) is 0. The second-order valence-electron chi connectivity index (χ2n) is 6.24. The Bertz CT molecular complexity index is 878. The van der Waals surface area contributed by atoms with Crippen LogP contribution in [0.2, 0.25) is 0 Å². The molecule has 2 aromatic carbocycles. The van der Waals surface area contributed by atoms with E-state index < -0.39 is 28.6 Å². The van der Waals surface area contributed by atoms with Crippen LogP contribution in [-0.4, -0.2) is 28.3 Å². The number of hydrogen-bond acceptors (Lipinski definition) is 5. The van der Waals surface area contributed by atoms with E-state index >= 15 is 0 Å². The minimum atomic E-state index is -1.93. The minimum Gasteiger partial charge on any atom is -0.375 e. The lowest BCUT2D eigenvalue weighted by Gasteiger charge is -2.22. The summed E-state index contributed by atoms with van der Waals surface area (Å²) in [6.45, 7) is 2.37. The fraction of sp³-hybridized carbons (Fsp3) is 0.263. The number of aliphatic hydroxyl groups is 1. The van der Waals surface area contributed by atoms with E-state index in [1.165, 1.54) is 29.2 Å². The molecule has 1 amide bonds. The van der Waals surface area contributed by atoms with Gasteiger partial charge in [0.05, 0.1) is 17.0 Å². The Morgan fingerprint density at radius 3 is 2.46 bits per heavy atom. The first-order valence-electron chi connectivity index (χ1n) is 8.30. The molecule has 0 aromatic heterocycles. The highest BCUT2D eigenvalue weighted by Gasteiger charge is 2.50. The molecule has 1 aliphatic heterocycles. The van der Waals surface area contributed by atoms with Crippen LogP contribution in [0.5, 0.6) is 0 Å². The predicted octanol–water partition coefficient (Wildman–Crippen LogP) is 2.81. The van der Waals surface area contributed by atoms with E-state index in [-0.39, 0.29) is 11.3 Å². The van der Waals surface area contributed by atoms with Crippen molar-refractivity contribution in [2.75, 3.05) is 11.4 Å². The average Bonchev–Trinajstić information content (AvgIpc) is 2.84. The largest absolute Gasteiger partial charge is 0.375 e. The van der Waals surface area contributed by atoms with E-state index in [0.29, 0.717) is 24.2 Å². The molecule has 0 saturated carbocycles. The van der Waals surface area contributed by atoms with Gasteiger partial charge in [0.15, 0.2) is 11.4 Å². The topological polar surface area (TPSA) is 101 Å². The Morgan fingerprint density at radius 1 is 1.19 bits per heavy atom. The number of nitro groups is 1. The Morgan fingerprint density at radius 2 is 1.85 bits per heavy atom. The number of fused-ring (bicyclic) bond motifs is 1. The van der Waals surface area contributed by atoms with Gasteiger partial charge in [0.25, 0.3) is 11.6 Å². The third kappa shape index (κ3) is 2.86. The summed E-state index contributed by atoms with van der Waals surface area (Å²) < 4.78 is 0. The van der Waals surface area contributed by atoms with Gasteiger partial charge in [0.1, 0.15) is 0 Å². The monoisotopic (exact) mass is 354 g/mol. The molecule has 1 aliphatic rings. The second kappa shape index (κ2) is 6.68. The van der Waals surface area contributed by atoms with Gasteiger partial charge in [0, 0.05) is 29.8 Å². The first-order chi connectivity index (χ1) is 12.4. The molecular weight excluding hydrogens is 336 g/mol. The van der Waals surface area contributed by atoms with Crippen LogP contribution in [0.1, 0.15) is 35.7 Å². The number of carbonyl (C=O) groups excluding carboxylic acids is 2. The molecule has 1 N–H and O–H groups in total. The van der Waals surface area contributed by atoms with Crippen LogP contribution in [0.15, 0.2) is 48.5 Å². The lowest BCUT2D eigenvalue weighted by atomic mass is 9.88. The Hall–Kier alpha value is -3.06. The molecule has 7 heteroatoms. The lowest BCUT2D eigenvalue weighted by Crippen LogP contribution is -2.42. The van der Waals surface area contributed by atoms with Crippen molar-refractivity contribution in [1.29, 1.82) is 0 Å². The minimum absolute atomic E-state index is 0.128. The second-order valence-corrected chi connectivity index (χ2v) is 6.24. The molecule has 3 rings (SSSR count). The zero-order chi connectivity index (χ0) is 18.9. The molecule has 134 valence electrons. The molecule has 0 aliphatic carbocycles. The molecule has 0 spiro atoms. The van der Waals surface area contributed by atoms with Crippen LogP contribution < -0.4 is 4.90 Å². The number of non-ortho nitro benzene ring substituents is 1. The van der Waals surface area contributed by atoms with Gasteiger partial charge < -0.3 is 10.0 Å². The third-order valence-corrected chi connectivity index (χ3v) is 4.50. The van der Waals surface area contributed by atoms with E-state index in [1.54, 1.807) is 24.3 Å². The van der Waals surface area contributed by atoms with Gasteiger partial charge in [-0.2, -0.15) is 0 Å². The maximum atomic E-state index is 12.8. The van der Waals surface area contributed by atoms with Crippen LogP contribution in [0.3, 0.4) is 0 Å². The Labute approximate surface area is 150 Å². The number of carbonyl (C=O) groups is 2. The van der Waals surface area contributed by atoms with Crippen molar-refractivity contribution in [3.63, 3.8) is 0 Å². The first-order valence-corrected chi connectivity index (χ1v) is 8.30. The van der Waals surface area contributed by atoms with Crippen LogP contribution >= 0.6 is 0 Å². The summed E-state index contributed by atoms with van der Waals surface area (Å²) in [6, 6.07) is 12.0. The number of nitro benzene ring substituents is 1. The Balaban J connectivity index is 1.91. The maximum absolute atomic E-state index is 12.8. The van der Waals surface area contributed by atoms with Crippen LogP contribution in [0, 0.1) is 10.1 Å². The van der Waals surface area contributed by atoms with Crippen molar-refractivity contribution in [2.45, 2.75) is 25.4 Å². The number of para-hydroxylation sites is 1. The zero-order valence-corrected chi connectivity index (χ0v) is 14.2. The van der Waals surface area contributed by atoms with E-state index in [4.69, 9.17) is 0 Å². The van der Waals surface area contributed by atoms with Crippen molar-refractivity contribution in [2.24, 2.45) is 0 Å². The predicted molar refractivity (Wildman–Crippen MR) is 95.0 cm³/mol. The fourth-order valence-electron chi connectivity index (χ4n) is 3.23. The Kier molecular flexibility index (Phi) is 4.56. The molecule has 0 radical (unpaired) electrons. The zero-order valence-electron chi connectivity index (χ0n) is 14.2. The number of hydrogen-bond donors (Lipinski definition) is 1. The molecule has 1 atom stereocenters. The molecule has 1 heterocycles. The summed E-state index contributed by atoms with van der Waals surface area (Å²) in [5.41, 5.74) is -0.822. The van der Waals surface area contributed by atoms with Crippen LogP contribution in [0.4, 0.5) is 11.4 Å². The number of nitrogens with zero attached hydrogens (tertiary/aromatic N) is 2. The van der Waals surface area contributed by atoms with Crippen molar-refractivity contribution in [3.8, 4) is 0 Å². The molecule has 7 nitrogen and oxygen atoms in total. The van der Waals surface area contributed by atoms with Gasteiger partial charge in [-0.25, -0.2) is 0 Å². The van der Waals surface area contributed by atoms with Gasteiger partial charge in [-0.1, -0.05) is 25.1 Å². The number of Topliss-reactive ketones (excluding diaryl/α,β-unsaturated/α-hetero) is 1. The smallest absolute Gasteiger partial charge is 0.269 e. The SMILES string of the molecule is CCCN1C(=O)[C@@](O)(CC(=O)c2ccc([N+](=O)[O-])cc2)c2ccccc21. The van der Waals surface area contributed by atoms with Crippen molar-refractivity contribution in [1.82, 2.24) is 0 Å². The molecule has 2 aromatic rings. The van der Waals surface area contributed by atoms with Gasteiger partial charge >= 0.3 is 0 Å².